The van der Waals surface area contributed by atoms with E-state index in [1.165, 1.54) is 18.4 Å². The highest BCUT2D eigenvalue weighted by Gasteiger charge is 2.50. The minimum Gasteiger partial charge on any atom is -0.258 e. The Morgan fingerprint density at radius 3 is 2.95 bits per heavy atom. The van der Waals surface area contributed by atoms with Crippen LogP contribution in [0.2, 0.25) is 0 Å². The third kappa shape index (κ3) is 2.10. The van der Waals surface area contributed by atoms with Gasteiger partial charge in [-0.1, -0.05) is 19.9 Å². The maximum Gasteiger partial charge on any atom is 0.205 e. The van der Waals surface area contributed by atoms with Crippen LogP contribution >= 0.6 is 11.3 Å². The zero-order chi connectivity index (χ0) is 14.3. The monoisotopic (exact) mass is 289 g/mol. The molecule has 1 aromatic heterocycles. The van der Waals surface area contributed by atoms with Crippen molar-refractivity contribution in [3.05, 3.63) is 27.5 Å². The second-order valence-electron chi connectivity index (χ2n) is 6.44. The van der Waals surface area contributed by atoms with Crippen molar-refractivity contribution in [3.63, 3.8) is 0 Å². The molecule has 0 N–H and O–H groups in total. The Balaban J connectivity index is 1.87. The molecule has 1 saturated carbocycles. The summed E-state index contributed by atoms with van der Waals surface area (Å²) in [6.07, 6.45) is 7.00. The summed E-state index contributed by atoms with van der Waals surface area (Å²) in [5.41, 5.74) is 3.03. The van der Waals surface area contributed by atoms with Gasteiger partial charge >= 0.3 is 0 Å². The summed E-state index contributed by atoms with van der Waals surface area (Å²) in [6, 6.07) is 0. The number of allylic oxidation sites excluding steroid dienone is 2. The summed E-state index contributed by atoms with van der Waals surface area (Å²) >= 11 is 1.66. The van der Waals surface area contributed by atoms with Crippen LogP contribution in [0.1, 0.15) is 39.3 Å². The molecule has 0 radical (unpaired) electrons. The number of aryl methyl sites for hydroxylation is 1. The summed E-state index contributed by atoms with van der Waals surface area (Å²) in [4.78, 5) is 5.49. The molecule has 1 fully saturated rings. The van der Waals surface area contributed by atoms with Crippen LogP contribution in [0.4, 0.5) is 0 Å². The van der Waals surface area contributed by atoms with Gasteiger partial charge in [0.05, 0.1) is 11.9 Å². The molecule has 3 nitrogen and oxygen atoms in total. The van der Waals surface area contributed by atoms with Gasteiger partial charge in [-0.25, -0.2) is 4.68 Å². The van der Waals surface area contributed by atoms with E-state index >= 15 is 0 Å². The summed E-state index contributed by atoms with van der Waals surface area (Å²) in [6.45, 7) is 9.74. The molecule has 3 aliphatic rings. The molecule has 2 unspecified atom stereocenters. The summed E-state index contributed by atoms with van der Waals surface area (Å²) in [5, 5.41) is 6.80. The summed E-state index contributed by atoms with van der Waals surface area (Å²) in [7, 11) is 0. The van der Waals surface area contributed by atoms with Crippen LogP contribution in [0.5, 0.6) is 0 Å². The molecule has 0 spiro atoms. The Labute approximate surface area is 124 Å². The average molecular weight is 289 g/mol. The molecule has 2 atom stereocenters. The van der Waals surface area contributed by atoms with Gasteiger partial charge in [-0.3, -0.25) is 4.99 Å². The van der Waals surface area contributed by atoms with Gasteiger partial charge in [0.2, 0.25) is 4.80 Å². The van der Waals surface area contributed by atoms with Crippen molar-refractivity contribution in [2.24, 2.45) is 27.3 Å². The van der Waals surface area contributed by atoms with Crippen molar-refractivity contribution >= 4 is 17.6 Å². The third-order valence-corrected chi connectivity index (χ3v) is 5.95. The Hall–Kier alpha value is -1.16. The summed E-state index contributed by atoms with van der Waals surface area (Å²) in [5.74, 6) is 1.57. The highest BCUT2D eigenvalue weighted by Crippen LogP contribution is 2.58. The molecule has 3 aliphatic carbocycles. The topological polar surface area (TPSA) is 29.6 Å². The molecule has 0 aliphatic heterocycles. The predicted molar refractivity (Wildman–Crippen MR) is 85.1 cm³/mol. The molecule has 1 aromatic rings. The molecule has 1 heterocycles. The SMILES string of the molecule is CCN=c1scc(C)n1N=CC1=CCC2CC1C2(C)C. The normalized spacial score (nSPS) is 28.6. The largest absolute Gasteiger partial charge is 0.258 e. The predicted octanol–water partition coefficient (Wildman–Crippen LogP) is 3.60. The van der Waals surface area contributed by atoms with Crippen LogP contribution in [-0.2, 0) is 0 Å². The first kappa shape index (κ1) is 13.8. The lowest BCUT2D eigenvalue weighted by molar-refractivity contribution is -0.00127. The van der Waals surface area contributed by atoms with Crippen LogP contribution in [-0.4, -0.2) is 17.4 Å². The van der Waals surface area contributed by atoms with E-state index in [2.05, 4.69) is 55.5 Å². The van der Waals surface area contributed by atoms with Crippen LogP contribution in [0.25, 0.3) is 0 Å². The highest BCUT2D eigenvalue weighted by molar-refractivity contribution is 7.07. The van der Waals surface area contributed by atoms with Crippen LogP contribution in [0, 0.1) is 24.2 Å². The van der Waals surface area contributed by atoms with Gasteiger partial charge in [-0.05, 0) is 49.5 Å². The molecule has 20 heavy (non-hydrogen) atoms. The lowest BCUT2D eigenvalue weighted by Gasteiger charge is -2.55. The number of rotatable bonds is 3. The second kappa shape index (κ2) is 4.99. The van der Waals surface area contributed by atoms with E-state index in [1.807, 2.05) is 4.68 Å². The van der Waals surface area contributed by atoms with Crippen molar-refractivity contribution in [1.29, 1.82) is 0 Å². The molecule has 4 rings (SSSR count). The van der Waals surface area contributed by atoms with E-state index in [0.717, 1.165) is 23.0 Å². The number of aromatic nitrogens is 1. The van der Waals surface area contributed by atoms with Gasteiger partial charge in [0.15, 0.2) is 0 Å². The molecule has 4 heteroatoms. The van der Waals surface area contributed by atoms with Crippen molar-refractivity contribution in [1.82, 2.24) is 4.68 Å². The number of nitrogens with zero attached hydrogens (tertiary/aromatic N) is 3. The molecule has 0 amide bonds. The van der Waals surface area contributed by atoms with Crippen molar-refractivity contribution in [3.8, 4) is 0 Å². The van der Waals surface area contributed by atoms with Gasteiger partial charge in [-0.15, -0.1) is 11.3 Å². The quantitative estimate of drug-likeness (QED) is 0.761. The first-order valence-corrected chi connectivity index (χ1v) is 8.34. The van der Waals surface area contributed by atoms with Crippen LogP contribution in [0.15, 0.2) is 27.1 Å². The molecule has 108 valence electrons. The Morgan fingerprint density at radius 2 is 2.30 bits per heavy atom. The minimum absolute atomic E-state index is 0.459. The number of fused-ring (bicyclic) bond motifs is 1. The lowest BCUT2D eigenvalue weighted by Crippen LogP contribution is -2.48. The van der Waals surface area contributed by atoms with Crippen LogP contribution < -0.4 is 4.80 Å². The van der Waals surface area contributed by atoms with Gasteiger partial charge in [0.25, 0.3) is 0 Å². The van der Waals surface area contributed by atoms with Gasteiger partial charge in [0, 0.05) is 11.9 Å². The Morgan fingerprint density at radius 1 is 1.50 bits per heavy atom. The first-order chi connectivity index (χ1) is 9.54. The number of hydrogen-bond donors (Lipinski definition) is 0. The van der Waals surface area contributed by atoms with E-state index in [9.17, 15) is 0 Å². The van der Waals surface area contributed by atoms with Gasteiger partial charge in [-0.2, -0.15) is 5.10 Å². The Bertz CT molecular complexity index is 630. The smallest absolute Gasteiger partial charge is 0.205 e. The molecular weight excluding hydrogens is 266 g/mol. The standard InChI is InChI=1S/C16H23N3S/c1-5-17-15-19(11(2)10-20-15)18-9-12-6-7-13-8-14(12)16(13,3)4/h6,9-10,13-14H,5,7-8H2,1-4H3. The molecule has 0 saturated heterocycles. The van der Waals surface area contributed by atoms with E-state index in [4.69, 9.17) is 0 Å². The average Bonchev–Trinajstić information content (AvgIpc) is 2.77. The number of thiazole rings is 1. The van der Waals surface area contributed by atoms with E-state index < -0.39 is 0 Å². The lowest BCUT2D eigenvalue weighted by atomic mass is 9.49. The zero-order valence-corrected chi connectivity index (χ0v) is 13.6. The summed E-state index contributed by atoms with van der Waals surface area (Å²) < 4.78 is 1.97. The number of hydrogen-bond acceptors (Lipinski definition) is 3. The minimum atomic E-state index is 0.459. The first-order valence-electron chi connectivity index (χ1n) is 7.46. The molecular formula is C16H23N3S. The Kier molecular flexibility index (Phi) is 3.44. The van der Waals surface area contributed by atoms with E-state index in [1.54, 1.807) is 11.3 Å². The zero-order valence-electron chi connectivity index (χ0n) is 12.8. The maximum absolute atomic E-state index is 4.69. The fraction of sp³-hybridized carbons (Fsp3) is 0.625. The fourth-order valence-electron chi connectivity index (χ4n) is 3.44. The van der Waals surface area contributed by atoms with Crippen molar-refractivity contribution < 1.29 is 0 Å². The van der Waals surface area contributed by atoms with Gasteiger partial charge < -0.3 is 0 Å². The highest BCUT2D eigenvalue weighted by atomic mass is 32.1. The second-order valence-corrected chi connectivity index (χ2v) is 7.27. The third-order valence-electron chi connectivity index (χ3n) is 4.98. The van der Waals surface area contributed by atoms with E-state index in [-0.39, 0.29) is 0 Å². The molecule has 2 bridgehead atoms. The van der Waals surface area contributed by atoms with Gasteiger partial charge in [0.1, 0.15) is 0 Å². The van der Waals surface area contributed by atoms with Crippen LogP contribution in [0.3, 0.4) is 0 Å². The maximum atomic E-state index is 4.69. The molecule has 0 aromatic carbocycles. The fourth-order valence-corrected chi connectivity index (χ4v) is 4.31. The van der Waals surface area contributed by atoms with E-state index in [0.29, 0.717) is 11.3 Å². The van der Waals surface area contributed by atoms with Crippen molar-refractivity contribution in [2.45, 2.75) is 40.5 Å². The van der Waals surface area contributed by atoms with Crippen molar-refractivity contribution in [2.75, 3.05) is 6.54 Å².